The largest absolute Gasteiger partial charge is 0.336 e. The third-order valence-corrected chi connectivity index (χ3v) is 5.20. The van der Waals surface area contributed by atoms with Crippen molar-refractivity contribution in [3.8, 4) is 0 Å². The lowest BCUT2D eigenvalue weighted by Gasteiger charge is -2.10. The Balaban J connectivity index is 1.31. The average molecular weight is 338 g/mol. The van der Waals surface area contributed by atoms with Crippen LogP contribution in [0.1, 0.15) is 60.0 Å². The first kappa shape index (κ1) is 16.2. The van der Waals surface area contributed by atoms with Crippen molar-refractivity contribution in [2.45, 2.75) is 57.9 Å². The second kappa shape index (κ2) is 6.54. The highest BCUT2D eigenvalue weighted by molar-refractivity contribution is 5.89. The van der Waals surface area contributed by atoms with E-state index in [2.05, 4.69) is 28.3 Å². The summed E-state index contributed by atoms with van der Waals surface area (Å²) in [5, 5.41) is 10.6. The summed E-state index contributed by atoms with van der Waals surface area (Å²) in [5.74, 6) is 1.36. The highest BCUT2D eigenvalue weighted by atomic mass is 16.2. The normalized spacial score (nSPS) is 16.7. The molecule has 25 heavy (non-hydrogen) atoms. The van der Waals surface area contributed by atoms with Crippen LogP contribution in [0.5, 0.6) is 0 Å². The molecule has 0 saturated heterocycles. The Morgan fingerprint density at radius 3 is 2.56 bits per heavy atom. The number of amides is 2. The zero-order valence-electron chi connectivity index (χ0n) is 15.0. The molecule has 0 spiro atoms. The summed E-state index contributed by atoms with van der Waals surface area (Å²) >= 11 is 0. The van der Waals surface area contributed by atoms with Crippen LogP contribution < -0.4 is 10.6 Å². The molecule has 2 fully saturated rings. The van der Waals surface area contributed by atoms with Crippen LogP contribution >= 0.6 is 0 Å². The molecule has 132 valence electrons. The van der Waals surface area contributed by atoms with Gasteiger partial charge in [-0.3, -0.25) is 4.68 Å². The first-order valence-corrected chi connectivity index (χ1v) is 9.30. The minimum absolute atomic E-state index is 0.161. The number of rotatable bonds is 6. The maximum atomic E-state index is 12.1. The highest BCUT2D eigenvalue weighted by Crippen LogP contribution is 2.44. The second-order valence-electron chi connectivity index (χ2n) is 7.45. The summed E-state index contributed by atoms with van der Waals surface area (Å²) in [7, 11) is 0. The van der Waals surface area contributed by atoms with Crippen LogP contribution in [-0.4, -0.2) is 22.4 Å². The average Bonchev–Trinajstić information content (AvgIpc) is 3.50. The summed E-state index contributed by atoms with van der Waals surface area (Å²) in [6.07, 6.45) is 5.10. The molecule has 1 aromatic heterocycles. The fourth-order valence-corrected chi connectivity index (χ4v) is 3.19. The summed E-state index contributed by atoms with van der Waals surface area (Å²) < 4.78 is 2.11. The number of carbonyl (C=O) groups is 1. The van der Waals surface area contributed by atoms with Crippen molar-refractivity contribution >= 4 is 11.7 Å². The van der Waals surface area contributed by atoms with Gasteiger partial charge in [0.15, 0.2) is 0 Å². The van der Waals surface area contributed by atoms with Crippen LogP contribution in [0.25, 0.3) is 0 Å². The molecule has 4 rings (SSSR count). The minimum Gasteiger partial charge on any atom is -0.336 e. The molecule has 0 aliphatic heterocycles. The van der Waals surface area contributed by atoms with Crippen molar-refractivity contribution in [1.82, 2.24) is 15.1 Å². The van der Waals surface area contributed by atoms with E-state index in [4.69, 9.17) is 5.10 Å². The van der Waals surface area contributed by atoms with Crippen molar-refractivity contribution in [3.05, 3.63) is 46.8 Å². The first-order chi connectivity index (χ1) is 12.1. The second-order valence-corrected chi connectivity index (χ2v) is 7.45. The van der Waals surface area contributed by atoms with Crippen LogP contribution in [0.3, 0.4) is 0 Å². The molecule has 2 N–H and O–H groups in total. The lowest BCUT2D eigenvalue weighted by Crippen LogP contribution is -2.32. The Labute approximate surface area is 148 Å². The van der Waals surface area contributed by atoms with Crippen LogP contribution in [0.2, 0.25) is 0 Å². The molecule has 2 saturated carbocycles. The highest BCUT2D eigenvalue weighted by Gasteiger charge is 2.32. The molecule has 0 unspecified atom stereocenters. The van der Waals surface area contributed by atoms with Crippen LogP contribution in [-0.2, 0) is 6.54 Å². The predicted molar refractivity (Wildman–Crippen MR) is 99.1 cm³/mol. The fourth-order valence-electron chi connectivity index (χ4n) is 3.19. The van der Waals surface area contributed by atoms with Gasteiger partial charge in [0.05, 0.1) is 12.2 Å². The lowest BCUT2D eigenvalue weighted by molar-refractivity contribution is 0.251. The quantitative estimate of drug-likeness (QED) is 0.834. The van der Waals surface area contributed by atoms with E-state index in [1.165, 1.54) is 48.2 Å². The predicted octanol–water partition coefficient (Wildman–Crippen LogP) is 4.08. The van der Waals surface area contributed by atoms with E-state index in [0.29, 0.717) is 18.4 Å². The van der Waals surface area contributed by atoms with Crippen molar-refractivity contribution in [2.75, 3.05) is 11.9 Å². The SMILES string of the molecule is Cc1ccc(NC(=O)NCCn2nc(C3CC3)cc2C2CC2)cc1C. The number of aryl methyl sites for hydroxylation is 2. The van der Waals surface area contributed by atoms with Gasteiger partial charge in [0.1, 0.15) is 0 Å². The Bertz CT molecular complexity index is 787. The number of carbonyl (C=O) groups excluding carboxylic acids is 1. The van der Waals surface area contributed by atoms with Gasteiger partial charge in [-0.15, -0.1) is 0 Å². The zero-order valence-corrected chi connectivity index (χ0v) is 15.0. The number of hydrogen-bond acceptors (Lipinski definition) is 2. The van der Waals surface area contributed by atoms with Crippen LogP contribution in [0, 0.1) is 13.8 Å². The van der Waals surface area contributed by atoms with E-state index < -0.39 is 0 Å². The summed E-state index contributed by atoms with van der Waals surface area (Å²) in [6.45, 7) is 5.44. The van der Waals surface area contributed by atoms with Gasteiger partial charge in [-0.2, -0.15) is 5.10 Å². The third-order valence-electron chi connectivity index (χ3n) is 5.20. The van der Waals surface area contributed by atoms with Gasteiger partial charge in [0, 0.05) is 29.8 Å². The van der Waals surface area contributed by atoms with Crippen molar-refractivity contribution in [1.29, 1.82) is 0 Å². The smallest absolute Gasteiger partial charge is 0.319 e. The lowest BCUT2D eigenvalue weighted by atomic mass is 10.1. The molecule has 2 aliphatic carbocycles. The Morgan fingerprint density at radius 1 is 1.12 bits per heavy atom. The molecule has 2 aliphatic rings. The minimum atomic E-state index is -0.161. The van der Waals surface area contributed by atoms with Gasteiger partial charge in [-0.1, -0.05) is 6.07 Å². The number of anilines is 1. The number of urea groups is 1. The number of benzene rings is 1. The van der Waals surface area contributed by atoms with Gasteiger partial charge >= 0.3 is 6.03 Å². The van der Waals surface area contributed by atoms with E-state index >= 15 is 0 Å². The monoisotopic (exact) mass is 338 g/mol. The van der Waals surface area contributed by atoms with Crippen molar-refractivity contribution in [2.24, 2.45) is 0 Å². The molecule has 5 nitrogen and oxygen atoms in total. The standard InChI is InChI=1S/C20H26N4O/c1-13-3-8-17(11-14(13)2)22-20(25)21-9-10-24-19(16-6-7-16)12-18(23-24)15-4-5-15/h3,8,11-12,15-16H,4-7,9-10H2,1-2H3,(H2,21,22,25). The van der Waals surface area contributed by atoms with Crippen LogP contribution in [0.15, 0.2) is 24.3 Å². The number of nitrogens with one attached hydrogen (secondary N) is 2. The number of nitrogens with zero attached hydrogens (tertiary/aromatic N) is 2. The van der Waals surface area contributed by atoms with Gasteiger partial charge in [0.25, 0.3) is 0 Å². The summed E-state index contributed by atoms with van der Waals surface area (Å²) in [4.78, 5) is 12.1. The molecule has 0 radical (unpaired) electrons. The Morgan fingerprint density at radius 2 is 1.88 bits per heavy atom. The van der Waals surface area contributed by atoms with E-state index in [-0.39, 0.29) is 6.03 Å². The number of hydrogen-bond donors (Lipinski definition) is 2. The molecule has 2 aromatic rings. The Hall–Kier alpha value is -2.30. The molecule has 5 heteroatoms. The molecular weight excluding hydrogens is 312 g/mol. The molecule has 0 atom stereocenters. The molecular formula is C20H26N4O. The van der Waals surface area contributed by atoms with E-state index in [1.54, 1.807) is 0 Å². The van der Waals surface area contributed by atoms with Gasteiger partial charge in [-0.05, 0) is 68.9 Å². The number of aromatic nitrogens is 2. The topological polar surface area (TPSA) is 59.0 Å². The molecule has 1 heterocycles. The molecule has 1 aromatic carbocycles. The Kier molecular flexibility index (Phi) is 4.24. The summed E-state index contributed by atoms with van der Waals surface area (Å²) in [6, 6.07) is 8.09. The van der Waals surface area contributed by atoms with E-state index in [9.17, 15) is 4.79 Å². The molecule has 0 bridgehead atoms. The summed E-state index contributed by atoms with van der Waals surface area (Å²) in [5.41, 5.74) is 5.84. The van der Waals surface area contributed by atoms with Crippen LogP contribution in [0.4, 0.5) is 10.5 Å². The van der Waals surface area contributed by atoms with E-state index in [1.807, 2.05) is 25.1 Å². The maximum absolute atomic E-state index is 12.1. The molecule has 2 amide bonds. The maximum Gasteiger partial charge on any atom is 0.319 e. The zero-order chi connectivity index (χ0) is 17.4. The third kappa shape index (κ3) is 3.86. The van der Waals surface area contributed by atoms with Crippen molar-refractivity contribution < 1.29 is 4.79 Å². The van der Waals surface area contributed by atoms with Gasteiger partial charge in [0.2, 0.25) is 0 Å². The van der Waals surface area contributed by atoms with Crippen molar-refractivity contribution in [3.63, 3.8) is 0 Å². The van der Waals surface area contributed by atoms with Gasteiger partial charge in [-0.25, -0.2) is 4.79 Å². The first-order valence-electron chi connectivity index (χ1n) is 9.30. The van der Waals surface area contributed by atoms with E-state index in [0.717, 1.165) is 12.2 Å². The fraction of sp³-hybridized carbons (Fsp3) is 0.500. The van der Waals surface area contributed by atoms with Gasteiger partial charge < -0.3 is 10.6 Å².